The molecular weight excluding hydrogens is 381 g/mol. The van der Waals surface area contributed by atoms with E-state index in [9.17, 15) is 17.6 Å². The molecule has 0 radical (unpaired) electrons. The Morgan fingerprint density at radius 3 is 2.43 bits per heavy atom. The van der Waals surface area contributed by atoms with Crippen LogP contribution in [-0.4, -0.2) is 30.4 Å². The molecule has 0 unspecified atom stereocenters. The molecule has 0 aliphatic rings. The van der Waals surface area contributed by atoms with Crippen LogP contribution in [0.4, 0.5) is 10.2 Å². The van der Waals surface area contributed by atoms with Crippen LogP contribution in [0.25, 0.3) is 11.3 Å². The predicted octanol–water partition coefficient (Wildman–Crippen LogP) is 3.00. The number of carbonyl (C=O) groups excluding carboxylic acids is 1. The Hall–Kier alpha value is -3.13. The molecule has 1 heterocycles. The second-order valence-electron chi connectivity index (χ2n) is 6.49. The first-order chi connectivity index (χ1) is 13.1. The molecule has 2 N–H and O–H groups in total. The van der Waals surface area contributed by atoms with Gasteiger partial charge in [0.1, 0.15) is 16.4 Å². The van der Waals surface area contributed by atoms with Gasteiger partial charge in [0.15, 0.2) is 21.4 Å². The SMILES string of the molecule is Cc1ccc(-c2cnc(N)c(C(=O)Cc3ccc(S(C)(=O)=O)c(F)c3)n2)cc1. The molecule has 144 valence electrons. The van der Waals surface area contributed by atoms with Crippen LogP contribution < -0.4 is 5.73 Å². The average molecular weight is 399 g/mol. The molecule has 0 aliphatic carbocycles. The smallest absolute Gasteiger partial charge is 0.189 e. The molecule has 8 heteroatoms. The van der Waals surface area contributed by atoms with Crippen molar-refractivity contribution in [1.29, 1.82) is 0 Å². The number of Topliss-reactive ketones (excluding diaryl/α,β-unsaturated/α-hetero) is 1. The van der Waals surface area contributed by atoms with Gasteiger partial charge in [0, 0.05) is 18.2 Å². The van der Waals surface area contributed by atoms with E-state index in [4.69, 9.17) is 5.73 Å². The van der Waals surface area contributed by atoms with Crippen molar-refractivity contribution in [2.24, 2.45) is 0 Å². The Labute approximate surface area is 162 Å². The van der Waals surface area contributed by atoms with Gasteiger partial charge in [-0.05, 0) is 24.6 Å². The summed E-state index contributed by atoms with van der Waals surface area (Å²) in [5.74, 6) is -1.36. The Morgan fingerprint density at radius 2 is 1.82 bits per heavy atom. The molecule has 0 saturated carbocycles. The normalized spacial score (nSPS) is 11.4. The minimum absolute atomic E-state index is 0.00864. The number of carbonyl (C=O) groups is 1. The number of hydrogen-bond donors (Lipinski definition) is 1. The van der Waals surface area contributed by atoms with E-state index in [1.807, 2.05) is 31.2 Å². The molecule has 0 atom stereocenters. The molecule has 1 aromatic heterocycles. The van der Waals surface area contributed by atoms with Crippen molar-refractivity contribution in [3.05, 3.63) is 71.3 Å². The van der Waals surface area contributed by atoms with Crippen molar-refractivity contribution >= 4 is 21.4 Å². The van der Waals surface area contributed by atoms with Gasteiger partial charge in [-0.1, -0.05) is 35.9 Å². The van der Waals surface area contributed by atoms with E-state index in [1.54, 1.807) is 0 Å². The molecule has 2 aromatic carbocycles. The highest BCUT2D eigenvalue weighted by Crippen LogP contribution is 2.21. The first kappa shape index (κ1) is 19.6. The second kappa shape index (κ2) is 7.47. The summed E-state index contributed by atoms with van der Waals surface area (Å²) >= 11 is 0. The summed E-state index contributed by atoms with van der Waals surface area (Å²) in [4.78, 5) is 20.6. The van der Waals surface area contributed by atoms with Gasteiger partial charge in [-0.25, -0.2) is 22.8 Å². The van der Waals surface area contributed by atoms with Crippen LogP contribution in [0.15, 0.2) is 53.6 Å². The minimum Gasteiger partial charge on any atom is -0.382 e. The molecular formula is C20H18FN3O3S. The first-order valence-corrected chi connectivity index (χ1v) is 10.3. The summed E-state index contributed by atoms with van der Waals surface area (Å²) in [6.45, 7) is 1.96. The topological polar surface area (TPSA) is 103 Å². The van der Waals surface area contributed by atoms with Crippen molar-refractivity contribution < 1.29 is 17.6 Å². The van der Waals surface area contributed by atoms with Gasteiger partial charge in [-0.3, -0.25) is 4.79 Å². The van der Waals surface area contributed by atoms with E-state index in [1.165, 1.54) is 12.3 Å². The molecule has 3 rings (SSSR count). The zero-order valence-electron chi connectivity index (χ0n) is 15.3. The number of ketones is 1. The molecule has 0 bridgehead atoms. The minimum atomic E-state index is -3.68. The third kappa shape index (κ3) is 4.23. The van der Waals surface area contributed by atoms with Crippen molar-refractivity contribution in [3.8, 4) is 11.3 Å². The fraction of sp³-hybridized carbons (Fsp3) is 0.150. The molecule has 28 heavy (non-hydrogen) atoms. The lowest BCUT2D eigenvalue weighted by Crippen LogP contribution is -2.12. The molecule has 0 amide bonds. The monoisotopic (exact) mass is 399 g/mol. The summed E-state index contributed by atoms with van der Waals surface area (Å²) in [5, 5.41) is 0. The number of sulfone groups is 1. The highest BCUT2D eigenvalue weighted by atomic mass is 32.2. The number of anilines is 1. The van der Waals surface area contributed by atoms with E-state index >= 15 is 0 Å². The first-order valence-electron chi connectivity index (χ1n) is 8.36. The molecule has 0 saturated heterocycles. The number of benzene rings is 2. The standard InChI is InChI=1S/C20H18FN3O3S/c1-12-3-6-14(7-4-12)16-11-23-20(22)19(24-16)17(25)10-13-5-8-18(15(21)9-13)28(2,26)27/h3-9,11H,10H2,1-2H3,(H2,22,23). The lowest BCUT2D eigenvalue weighted by molar-refractivity contribution is 0.0989. The van der Waals surface area contributed by atoms with Gasteiger partial charge in [0.2, 0.25) is 0 Å². The number of halogens is 1. The molecule has 6 nitrogen and oxygen atoms in total. The van der Waals surface area contributed by atoms with Gasteiger partial charge >= 0.3 is 0 Å². The Morgan fingerprint density at radius 1 is 1.14 bits per heavy atom. The number of aryl methyl sites for hydroxylation is 1. The van der Waals surface area contributed by atoms with E-state index < -0.39 is 26.3 Å². The van der Waals surface area contributed by atoms with Crippen LogP contribution in [0.2, 0.25) is 0 Å². The molecule has 0 spiro atoms. The van der Waals surface area contributed by atoms with Crippen LogP contribution in [0.5, 0.6) is 0 Å². The van der Waals surface area contributed by atoms with Gasteiger partial charge in [-0.15, -0.1) is 0 Å². The van der Waals surface area contributed by atoms with Gasteiger partial charge in [0.05, 0.1) is 11.9 Å². The fourth-order valence-electron chi connectivity index (χ4n) is 2.69. The average Bonchev–Trinajstić information content (AvgIpc) is 2.62. The highest BCUT2D eigenvalue weighted by molar-refractivity contribution is 7.90. The molecule has 3 aromatic rings. The van der Waals surface area contributed by atoms with Gasteiger partial charge in [-0.2, -0.15) is 0 Å². The third-order valence-corrected chi connectivity index (χ3v) is 5.30. The number of hydrogen-bond acceptors (Lipinski definition) is 6. The number of nitrogen functional groups attached to an aromatic ring is 1. The third-order valence-electron chi connectivity index (χ3n) is 4.17. The zero-order valence-corrected chi connectivity index (χ0v) is 16.1. The number of rotatable bonds is 5. The zero-order chi connectivity index (χ0) is 20.5. The maximum absolute atomic E-state index is 14.1. The van der Waals surface area contributed by atoms with Crippen LogP contribution in [0, 0.1) is 12.7 Å². The van der Waals surface area contributed by atoms with E-state index in [0.717, 1.165) is 29.5 Å². The maximum Gasteiger partial charge on any atom is 0.189 e. The summed E-state index contributed by atoms with van der Waals surface area (Å²) < 4.78 is 37.1. The number of nitrogens with zero attached hydrogens (tertiary/aromatic N) is 2. The van der Waals surface area contributed by atoms with E-state index in [0.29, 0.717) is 11.3 Å². The highest BCUT2D eigenvalue weighted by Gasteiger charge is 2.18. The van der Waals surface area contributed by atoms with Crippen LogP contribution >= 0.6 is 0 Å². The largest absolute Gasteiger partial charge is 0.382 e. The predicted molar refractivity (Wildman–Crippen MR) is 104 cm³/mol. The van der Waals surface area contributed by atoms with Crippen LogP contribution in [0.3, 0.4) is 0 Å². The quantitative estimate of drug-likeness (QED) is 0.662. The molecule has 0 fully saturated rings. The second-order valence-corrected chi connectivity index (χ2v) is 8.48. The summed E-state index contributed by atoms with van der Waals surface area (Å²) in [7, 11) is -3.68. The molecule has 0 aliphatic heterocycles. The summed E-state index contributed by atoms with van der Waals surface area (Å²) in [5.41, 5.74) is 8.49. The summed E-state index contributed by atoms with van der Waals surface area (Å²) in [6, 6.07) is 11.1. The van der Waals surface area contributed by atoms with E-state index in [-0.39, 0.29) is 17.9 Å². The lowest BCUT2D eigenvalue weighted by atomic mass is 10.1. The van der Waals surface area contributed by atoms with Crippen molar-refractivity contribution in [3.63, 3.8) is 0 Å². The number of aromatic nitrogens is 2. The number of nitrogens with two attached hydrogens (primary N) is 1. The fourth-order valence-corrected chi connectivity index (χ4v) is 3.42. The Kier molecular flexibility index (Phi) is 5.24. The Bertz CT molecular complexity index is 1160. The Balaban J connectivity index is 1.89. The van der Waals surface area contributed by atoms with Crippen molar-refractivity contribution in [2.45, 2.75) is 18.2 Å². The van der Waals surface area contributed by atoms with E-state index in [2.05, 4.69) is 9.97 Å². The lowest BCUT2D eigenvalue weighted by Gasteiger charge is -2.08. The van der Waals surface area contributed by atoms with Crippen LogP contribution in [0.1, 0.15) is 21.6 Å². The van der Waals surface area contributed by atoms with Crippen molar-refractivity contribution in [1.82, 2.24) is 9.97 Å². The van der Waals surface area contributed by atoms with Crippen molar-refractivity contribution in [2.75, 3.05) is 12.0 Å². The maximum atomic E-state index is 14.1. The van der Waals surface area contributed by atoms with Crippen LogP contribution in [-0.2, 0) is 16.3 Å². The summed E-state index contributed by atoms with van der Waals surface area (Å²) in [6.07, 6.45) is 2.22. The van der Waals surface area contributed by atoms with Gasteiger partial charge in [0.25, 0.3) is 0 Å². The van der Waals surface area contributed by atoms with Gasteiger partial charge < -0.3 is 5.73 Å².